The topological polar surface area (TPSA) is 78.9 Å². The van der Waals surface area contributed by atoms with E-state index in [1.54, 1.807) is 0 Å². The molecule has 0 aromatic rings. The molecule has 456 valence electrons. The highest BCUT2D eigenvalue weighted by Gasteiger charge is 2.19. The van der Waals surface area contributed by atoms with Gasteiger partial charge in [-0.15, -0.1) is 0 Å². The third-order valence-corrected chi connectivity index (χ3v) is 14.2. The lowest BCUT2D eigenvalue weighted by Crippen LogP contribution is -2.30. The minimum absolute atomic E-state index is 0.0976. The summed E-state index contributed by atoms with van der Waals surface area (Å²) < 4.78 is 16.9. The number of carbonyl (C=O) groups is 3. The summed E-state index contributed by atoms with van der Waals surface area (Å²) >= 11 is 0. The Kier molecular flexibility index (Phi) is 63.8. The largest absolute Gasteiger partial charge is 0.462 e. The minimum Gasteiger partial charge on any atom is -0.462 e. The lowest BCUT2D eigenvalue weighted by Gasteiger charge is -2.18. The van der Waals surface area contributed by atoms with Crippen LogP contribution < -0.4 is 0 Å². The first-order chi connectivity index (χ1) is 39.5. The highest BCUT2D eigenvalue weighted by Crippen LogP contribution is 2.16. The maximum Gasteiger partial charge on any atom is 0.306 e. The molecule has 0 aliphatic heterocycles. The van der Waals surface area contributed by atoms with E-state index in [1.807, 2.05) is 0 Å². The Morgan fingerprint density at radius 1 is 0.263 bits per heavy atom. The summed E-state index contributed by atoms with van der Waals surface area (Å²) in [6.07, 6.45) is 93.7. The van der Waals surface area contributed by atoms with E-state index in [-0.39, 0.29) is 31.1 Å². The molecule has 1 atom stereocenters. The number of esters is 3. The quantitative estimate of drug-likeness (QED) is 0.0261. The molecule has 0 radical (unpaired) electrons. The van der Waals surface area contributed by atoms with Crippen LogP contribution in [0.1, 0.15) is 310 Å². The molecule has 0 saturated carbocycles. The number of hydrogen-bond acceptors (Lipinski definition) is 6. The van der Waals surface area contributed by atoms with Gasteiger partial charge in [-0.3, -0.25) is 14.4 Å². The van der Waals surface area contributed by atoms with Crippen molar-refractivity contribution in [2.24, 2.45) is 0 Å². The van der Waals surface area contributed by atoms with Crippen LogP contribution in [0.3, 0.4) is 0 Å². The maximum atomic E-state index is 12.9. The zero-order chi connectivity index (χ0) is 57.8. The molecule has 0 aromatic heterocycles. The molecule has 0 amide bonds. The van der Waals surface area contributed by atoms with Crippen LogP contribution in [0.25, 0.3) is 0 Å². The van der Waals surface area contributed by atoms with E-state index in [9.17, 15) is 14.4 Å². The van der Waals surface area contributed by atoms with Gasteiger partial charge in [0.05, 0.1) is 0 Å². The van der Waals surface area contributed by atoms with Crippen molar-refractivity contribution in [3.8, 4) is 0 Å². The molecule has 0 fully saturated rings. The highest BCUT2D eigenvalue weighted by molar-refractivity contribution is 5.71. The molecule has 80 heavy (non-hydrogen) atoms. The van der Waals surface area contributed by atoms with Gasteiger partial charge in [0, 0.05) is 19.3 Å². The van der Waals surface area contributed by atoms with E-state index in [0.717, 1.165) is 122 Å². The second-order valence-electron chi connectivity index (χ2n) is 22.0. The Morgan fingerprint density at radius 2 is 0.512 bits per heavy atom. The lowest BCUT2D eigenvalue weighted by atomic mass is 10.0. The molecule has 1 unspecified atom stereocenters. The molecule has 0 saturated heterocycles. The Labute approximate surface area is 494 Å². The van der Waals surface area contributed by atoms with Crippen molar-refractivity contribution in [2.75, 3.05) is 13.2 Å². The van der Waals surface area contributed by atoms with Crippen molar-refractivity contribution in [1.29, 1.82) is 0 Å². The monoisotopic (exact) mass is 1110 g/mol. The fourth-order valence-corrected chi connectivity index (χ4v) is 9.16. The molecule has 0 heterocycles. The molecule has 6 nitrogen and oxygen atoms in total. The van der Waals surface area contributed by atoms with Crippen LogP contribution in [0.2, 0.25) is 0 Å². The molecular formula is C74H124O6. The van der Waals surface area contributed by atoms with Gasteiger partial charge in [0.2, 0.25) is 0 Å². The number of allylic oxidation sites excluding steroid dienone is 20. The first-order valence-corrected chi connectivity index (χ1v) is 33.5. The van der Waals surface area contributed by atoms with E-state index in [0.29, 0.717) is 25.7 Å². The van der Waals surface area contributed by atoms with E-state index in [2.05, 4.69) is 142 Å². The van der Waals surface area contributed by atoms with E-state index in [1.165, 1.54) is 141 Å². The van der Waals surface area contributed by atoms with Gasteiger partial charge in [0.15, 0.2) is 6.10 Å². The smallest absolute Gasteiger partial charge is 0.306 e. The van der Waals surface area contributed by atoms with Crippen LogP contribution in [0.4, 0.5) is 0 Å². The third-order valence-electron chi connectivity index (χ3n) is 14.2. The summed E-state index contributed by atoms with van der Waals surface area (Å²) in [5.74, 6) is -0.948. The van der Waals surface area contributed by atoms with Crippen LogP contribution >= 0.6 is 0 Å². The molecule has 0 bridgehead atoms. The highest BCUT2D eigenvalue weighted by atomic mass is 16.6. The number of unbranched alkanes of at least 4 members (excludes halogenated alkanes) is 29. The predicted octanol–water partition coefficient (Wildman–Crippen LogP) is 23.2. The van der Waals surface area contributed by atoms with Crippen molar-refractivity contribution in [3.63, 3.8) is 0 Å². The molecule has 0 aliphatic rings. The molecule has 0 aromatic carbocycles. The van der Waals surface area contributed by atoms with Gasteiger partial charge in [-0.1, -0.05) is 284 Å². The average Bonchev–Trinajstić information content (AvgIpc) is 3.46. The van der Waals surface area contributed by atoms with Gasteiger partial charge in [0.1, 0.15) is 13.2 Å². The second kappa shape index (κ2) is 67.3. The van der Waals surface area contributed by atoms with E-state index >= 15 is 0 Å². The summed E-state index contributed by atoms with van der Waals surface area (Å²) in [5, 5.41) is 0. The van der Waals surface area contributed by atoms with Gasteiger partial charge in [-0.05, 0) is 128 Å². The summed E-state index contributed by atoms with van der Waals surface area (Å²) in [7, 11) is 0. The summed E-state index contributed by atoms with van der Waals surface area (Å²) in [6, 6.07) is 0. The fraction of sp³-hybridized carbons (Fsp3) is 0.689. The first kappa shape index (κ1) is 75.8. The standard InChI is InChI=1S/C74H124O6/c1-4-7-10-13-16-19-22-24-26-28-30-32-34-36-37-39-40-42-44-46-48-50-52-55-58-61-64-67-73(76)79-70-71(69-78-72(75)66-63-60-57-54-21-18-15-12-9-6-3)80-74(77)68-65-62-59-56-53-51-49-47-45-43-41-38-35-33-31-29-27-25-23-20-17-14-11-8-5-2/h7,10,12,15-16,19,24,26,29-32,36-37,40,42,46,48,52,55,71H,4-6,8-9,11,13-14,17-18,20-23,25,27-28,33-35,38-39,41,43-45,47,49-51,53-54,56-70H2,1-3H3/b10-7-,15-12-,19-16-,26-24-,31-29-,32-30-,37-36-,42-40-,48-46-,55-52-. The van der Waals surface area contributed by atoms with Crippen LogP contribution in [-0.4, -0.2) is 37.2 Å². The number of carbonyl (C=O) groups excluding carboxylic acids is 3. The zero-order valence-electron chi connectivity index (χ0n) is 52.3. The van der Waals surface area contributed by atoms with Gasteiger partial charge in [0.25, 0.3) is 0 Å². The van der Waals surface area contributed by atoms with Crippen molar-refractivity contribution in [1.82, 2.24) is 0 Å². The zero-order valence-corrected chi connectivity index (χ0v) is 52.3. The van der Waals surface area contributed by atoms with Crippen molar-refractivity contribution < 1.29 is 28.6 Å². The van der Waals surface area contributed by atoms with Gasteiger partial charge >= 0.3 is 17.9 Å². The van der Waals surface area contributed by atoms with E-state index in [4.69, 9.17) is 14.2 Å². The Bertz CT molecular complexity index is 1650. The first-order valence-electron chi connectivity index (χ1n) is 33.5. The molecular weight excluding hydrogens is 985 g/mol. The van der Waals surface area contributed by atoms with Gasteiger partial charge < -0.3 is 14.2 Å². The van der Waals surface area contributed by atoms with Crippen molar-refractivity contribution >= 4 is 17.9 Å². The van der Waals surface area contributed by atoms with Crippen LogP contribution in [0, 0.1) is 0 Å². The van der Waals surface area contributed by atoms with Crippen LogP contribution in [0.15, 0.2) is 122 Å². The van der Waals surface area contributed by atoms with Gasteiger partial charge in [-0.25, -0.2) is 0 Å². The number of ether oxygens (including phenoxy) is 3. The molecule has 0 N–H and O–H groups in total. The Balaban J connectivity index is 4.32. The number of hydrogen-bond donors (Lipinski definition) is 0. The molecule has 0 spiro atoms. The predicted molar refractivity (Wildman–Crippen MR) is 348 cm³/mol. The number of rotatable bonds is 60. The lowest BCUT2D eigenvalue weighted by molar-refractivity contribution is -0.167. The summed E-state index contributed by atoms with van der Waals surface area (Å²) in [4.78, 5) is 38.3. The van der Waals surface area contributed by atoms with Crippen molar-refractivity contribution in [3.05, 3.63) is 122 Å². The van der Waals surface area contributed by atoms with E-state index < -0.39 is 6.10 Å². The third kappa shape index (κ3) is 64.6. The van der Waals surface area contributed by atoms with Crippen LogP contribution in [-0.2, 0) is 28.6 Å². The SMILES string of the molecule is CC/C=C\C/C=C\C/C=C\C/C=C\C/C=C\C/C=C\C/C=C\C/C=C\CCCCC(=O)OCC(COC(=O)CCCCCCC/C=C\CCC)OC(=O)CCCCCCCCCCCCCCC/C=C\CCCCCCCCCC. The molecule has 0 aliphatic carbocycles. The molecule has 6 heteroatoms. The summed E-state index contributed by atoms with van der Waals surface area (Å²) in [5.41, 5.74) is 0. The minimum atomic E-state index is -0.803. The van der Waals surface area contributed by atoms with Gasteiger partial charge in [-0.2, -0.15) is 0 Å². The Morgan fingerprint density at radius 3 is 0.850 bits per heavy atom. The Hall–Kier alpha value is -4.19. The maximum absolute atomic E-state index is 12.9. The average molecular weight is 1110 g/mol. The summed E-state index contributed by atoms with van der Waals surface area (Å²) in [6.45, 7) is 6.44. The fourth-order valence-electron chi connectivity index (χ4n) is 9.16. The second-order valence-corrected chi connectivity index (χ2v) is 22.0. The molecule has 0 rings (SSSR count). The van der Waals surface area contributed by atoms with Crippen LogP contribution in [0.5, 0.6) is 0 Å². The normalized spacial score (nSPS) is 12.9. The van der Waals surface area contributed by atoms with Crippen molar-refractivity contribution in [2.45, 2.75) is 316 Å².